The highest BCUT2D eigenvalue weighted by atomic mass is 32.2. The molecule has 2 heterocycles. The predicted molar refractivity (Wildman–Crippen MR) is 140 cm³/mol. The number of hydrogen-bond donors (Lipinski definition) is 2. The summed E-state index contributed by atoms with van der Waals surface area (Å²) in [6.07, 6.45) is 0. The lowest BCUT2D eigenvalue weighted by Crippen LogP contribution is -2.51. The maximum absolute atomic E-state index is 13.1. The topological polar surface area (TPSA) is 126 Å². The van der Waals surface area contributed by atoms with Gasteiger partial charge in [0.2, 0.25) is 5.91 Å². The van der Waals surface area contributed by atoms with Gasteiger partial charge in [0.1, 0.15) is 18.7 Å². The Bertz CT molecular complexity index is 1310. The SMILES string of the molecule is COC(=O)[C@@H]1CSCc2c(ccc3c2OC(c2ccccc2)(c2ccccc2)O3)C(=O)OC[C@H](N)C(=O)N1. The monoisotopic (exact) mass is 534 g/mol. The Balaban J connectivity index is 1.56. The molecule has 2 aliphatic heterocycles. The highest BCUT2D eigenvalue weighted by molar-refractivity contribution is 7.98. The third-order valence-electron chi connectivity index (χ3n) is 6.32. The Labute approximate surface area is 223 Å². The fraction of sp³-hybridized carbons (Fsp3) is 0.250. The minimum Gasteiger partial charge on any atom is -0.467 e. The Hall–Kier alpha value is -4.02. The number of nitrogens with two attached hydrogens (primary N) is 1. The maximum Gasteiger partial charge on any atom is 0.338 e. The Morgan fingerprint density at radius 2 is 1.66 bits per heavy atom. The summed E-state index contributed by atoms with van der Waals surface area (Å²) in [5, 5.41) is 2.58. The van der Waals surface area contributed by atoms with Crippen LogP contribution in [-0.2, 0) is 30.6 Å². The summed E-state index contributed by atoms with van der Waals surface area (Å²) in [6, 6.07) is 20.3. The van der Waals surface area contributed by atoms with Crippen LogP contribution in [0, 0.1) is 0 Å². The van der Waals surface area contributed by atoms with E-state index in [2.05, 4.69) is 5.32 Å². The largest absolute Gasteiger partial charge is 0.467 e. The molecule has 38 heavy (non-hydrogen) atoms. The molecular formula is C28H26N2O7S. The molecule has 0 spiro atoms. The Morgan fingerprint density at radius 3 is 2.29 bits per heavy atom. The van der Waals surface area contributed by atoms with Crippen LogP contribution in [0.4, 0.5) is 0 Å². The molecule has 0 saturated carbocycles. The molecule has 0 unspecified atom stereocenters. The molecule has 3 aromatic rings. The van der Waals surface area contributed by atoms with E-state index in [-0.39, 0.29) is 23.7 Å². The third-order valence-corrected chi connectivity index (χ3v) is 7.38. The predicted octanol–water partition coefficient (Wildman–Crippen LogP) is 2.75. The van der Waals surface area contributed by atoms with Gasteiger partial charge in [-0.25, -0.2) is 9.59 Å². The summed E-state index contributed by atoms with van der Waals surface area (Å²) in [7, 11) is 1.25. The van der Waals surface area contributed by atoms with Crippen molar-refractivity contribution in [1.82, 2.24) is 5.32 Å². The van der Waals surface area contributed by atoms with E-state index in [0.29, 0.717) is 17.1 Å². The molecule has 5 rings (SSSR count). The summed E-state index contributed by atoms with van der Waals surface area (Å²) >= 11 is 1.33. The number of rotatable bonds is 3. The van der Waals surface area contributed by atoms with Gasteiger partial charge in [0, 0.05) is 28.2 Å². The molecule has 0 aromatic heterocycles. The van der Waals surface area contributed by atoms with Crippen molar-refractivity contribution in [3.05, 3.63) is 95.1 Å². The number of carbonyl (C=O) groups is 3. The molecule has 2 aliphatic rings. The van der Waals surface area contributed by atoms with Gasteiger partial charge in [-0.15, -0.1) is 0 Å². The minimum absolute atomic E-state index is 0.187. The van der Waals surface area contributed by atoms with Crippen molar-refractivity contribution in [3.8, 4) is 11.5 Å². The second-order valence-corrected chi connectivity index (χ2v) is 9.81. The standard InChI is InChI=1S/C28H26N2O7S/c1-34-27(33)22-16-38-15-20-19(26(32)35-14-21(29)25(31)30-22)12-13-23-24(20)37-28(36-23,17-8-4-2-5-9-17)18-10-6-3-7-11-18/h2-13,21-22H,14-16,29H2,1H3,(H,30,31)/t21-,22-/m0/s1. The molecule has 9 nitrogen and oxygen atoms in total. The van der Waals surface area contributed by atoms with Crippen molar-refractivity contribution in [1.29, 1.82) is 0 Å². The highest BCUT2D eigenvalue weighted by Gasteiger charge is 2.47. The minimum atomic E-state index is -1.27. The first kappa shape index (κ1) is 25.6. The number of hydrogen-bond acceptors (Lipinski definition) is 9. The third kappa shape index (κ3) is 4.80. The molecule has 3 aromatic carbocycles. The molecule has 0 radical (unpaired) electrons. The molecule has 10 heteroatoms. The zero-order chi connectivity index (χ0) is 26.7. The van der Waals surface area contributed by atoms with Gasteiger partial charge in [-0.3, -0.25) is 4.79 Å². The molecule has 0 bridgehead atoms. The molecule has 0 saturated heterocycles. The number of cyclic esters (lactones) is 1. The van der Waals surface area contributed by atoms with Crippen LogP contribution in [-0.4, -0.2) is 49.4 Å². The van der Waals surface area contributed by atoms with Gasteiger partial charge in [-0.2, -0.15) is 11.8 Å². The van der Waals surface area contributed by atoms with E-state index in [1.807, 2.05) is 60.7 Å². The number of nitrogens with one attached hydrogen (secondary N) is 1. The van der Waals surface area contributed by atoms with Gasteiger partial charge in [-0.1, -0.05) is 60.7 Å². The van der Waals surface area contributed by atoms with Crippen LogP contribution in [0.15, 0.2) is 72.8 Å². The van der Waals surface area contributed by atoms with Crippen LogP contribution in [0.25, 0.3) is 0 Å². The van der Waals surface area contributed by atoms with Gasteiger partial charge in [0.15, 0.2) is 11.5 Å². The maximum atomic E-state index is 13.1. The molecule has 0 fully saturated rings. The van der Waals surface area contributed by atoms with Crippen molar-refractivity contribution in [2.75, 3.05) is 19.5 Å². The second-order valence-electron chi connectivity index (χ2n) is 8.78. The first-order chi connectivity index (χ1) is 18.4. The Morgan fingerprint density at radius 1 is 1.00 bits per heavy atom. The van der Waals surface area contributed by atoms with Crippen LogP contribution < -0.4 is 20.5 Å². The lowest BCUT2D eigenvalue weighted by atomic mass is 9.97. The van der Waals surface area contributed by atoms with Gasteiger partial charge in [-0.05, 0) is 12.1 Å². The van der Waals surface area contributed by atoms with Crippen LogP contribution in [0.1, 0.15) is 27.0 Å². The number of fused-ring (bicyclic) bond motifs is 3. The van der Waals surface area contributed by atoms with Gasteiger partial charge in [0.25, 0.3) is 0 Å². The van der Waals surface area contributed by atoms with E-state index >= 15 is 0 Å². The van der Waals surface area contributed by atoms with Crippen molar-refractivity contribution in [2.45, 2.75) is 23.6 Å². The van der Waals surface area contributed by atoms with Crippen molar-refractivity contribution in [2.24, 2.45) is 5.73 Å². The summed E-state index contributed by atoms with van der Waals surface area (Å²) in [6.45, 7) is -0.364. The number of benzene rings is 3. The summed E-state index contributed by atoms with van der Waals surface area (Å²) in [5.41, 5.74) is 8.27. The molecular weight excluding hydrogens is 508 g/mol. The lowest BCUT2D eigenvalue weighted by Gasteiger charge is -2.28. The van der Waals surface area contributed by atoms with Crippen LogP contribution in [0.2, 0.25) is 0 Å². The van der Waals surface area contributed by atoms with E-state index in [4.69, 9.17) is 24.7 Å². The summed E-state index contributed by atoms with van der Waals surface area (Å²) in [5.74, 6) is -1.81. The van der Waals surface area contributed by atoms with Gasteiger partial charge in [0.05, 0.1) is 12.7 Å². The Kier molecular flexibility index (Phi) is 7.26. The molecule has 0 aliphatic carbocycles. The summed E-state index contributed by atoms with van der Waals surface area (Å²) in [4.78, 5) is 37.8. The highest BCUT2D eigenvalue weighted by Crippen LogP contribution is 2.50. The average molecular weight is 535 g/mol. The number of thioether (sulfide) groups is 1. The zero-order valence-corrected chi connectivity index (χ0v) is 21.4. The van der Waals surface area contributed by atoms with Crippen LogP contribution >= 0.6 is 11.8 Å². The average Bonchev–Trinajstić information content (AvgIpc) is 3.36. The number of carbonyl (C=O) groups excluding carboxylic acids is 3. The zero-order valence-electron chi connectivity index (χ0n) is 20.5. The normalized spacial score (nSPS) is 20.7. The molecule has 3 N–H and O–H groups in total. The lowest BCUT2D eigenvalue weighted by molar-refractivity contribution is -0.144. The first-order valence-corrected chi connectivity index (χ1v) is 13.1. The molecule has 2 atom stereocenters. The van der Waals surface area contributed by atoms with Crippen LogP contribution in [0.3, 0.4) is 0 Å². The fourth-order valence-electron chi connectivity index (χ4n) is 4.36. The number of esters is 2. The van der Waals surface area contributed by atoms with Crippen molar-refractivity contribution >= 4 is 29.6 Å². The van der Waals surface area contributed by atoms with Gasteiger partial charge < -0.3 is 30.0 Å². The fourth-order valence-corrected chi connectivity index (χ4v) is 5.42. The van der Waals surface area contributed by atoms with Crippen molar-refractivity contribution in [3.63, 3.8) is 0 Å². The molecule has 1 amide bonds. The van der Waals surface area contributed by atoms with E-state index in [1.54, 1.807) is 12.1 Å². The van der Waals surface area contributed by atoms with Gasteiger partial charge >= 0.3 is 17.7 Å². The van der Waals surface area contributed by atoms with E-state index < -0.39 is 35.7 Å². The quantitative estimate of drug-likeness (QED) is 0.488. The number of methoxy groups -OCH3 is 1. The van der Waals surface area contributed by atoms with E-state index in [1.165, 1.54) is 18.9 Å². The van der Waals surface area contributed by atoms with Crippen molar-refractivity contribution < 1.29 is 33.3 Å². The molecule has 196 valence electrons. The van der Waals surface area contributed by atoms with E-state index in [9.17, 15) is 14.4 Å². The van der Waals surface area contributed by atoms with Crippen LogP contribution in [0.5, 0.6) is 11.5 Å². The second kappa shape index (κ2) is 10.8. The smallest absolute Gasteiger partial charge is 0.338 e. The number of ether oxygens (including phenoxy) is 4. The number of amides is 1. The summed E-state index contributed by atoms with van der Waals surface area (Å²) < 4.78 is 23.4. The first-order valence-electron chi connectivity index (χ1n) is 12.0. The van der Waals surface area contributed by atoms with E-state index in [0.717, 1.165) is 11.1 Å².